The molecule has 1 aromatic carbocycles. The van der Waals surface area contributed by atoms with Gasteiger partial charge in [0.15, 0.2) is 0 Å². The van der Waals surface area contributed by atoms with Gasteiger partial charge in [-0.3, -0.25) is 4.79 Å². The molecular formula is C16H20N4OS. The highest BCUT2D eigenvalue weighted by atomic mass is 32.1. The molecule has 6 heteroatoms. The highest BCUT2D eigenvalue weighted by Gasteiger charge is 2.24. The van der Waals surface area contributed by atoms with E-state index < -0.39 is 0 Å². The molecule has 1 atom stereocenters. The van der Waals surface area contributed by atoms with E-state index in [0.717, 1.165) is 31.6 Å². The van der Waals surface area contributed by atoms with Crippen LogP contribution in [0.3, 0.4) is 0 Å². The van der Waals surface area contributed by atoms with Crippen molar-refractivity contribution >= 4 is 23.1 Å². The van der Waals surface area contributed by atoms with Gasteiger partial charge in [0, 0.05) is 25.3 Å². The molecule has 1 amide bonds. The normalized spacial score (nSPS) is 17.7. The predicted molar refractivity (Wildman–Crippen MR) is 88.4 cm³/mol. The van der Waals surface area contributed by atoms with Crippen molar-refractivity contribution in [2.45, 2.75) is 19.8 Å². The molecule has 1 fully saturated rings. The van der Waals surface area contributed by atoms with E-state index in [1.165, 1.54) is 17.2 Å². The summed E-state index contributed by atoms with van der Waals surface area (Å²) in [5, 5.41) is 7.03. The lowest BCUT2D eigenvalue weighted by molar-refractivity contribution is 0.0951. The minimum Gasteiger partial charge on any atom is -0.371 e. The Balaban J connectivity index is 1.52. The number of nitrogens with zero attached hydrogens (tertiary/aromatic N) is 3. The standard InChI is InChI=1S/C16H20N4OS/c1-2-14-15(22-19-18-14)16(21)17-10-12-8-9-20(11-12)13-6-4-3-5-7-13/h3-7,12H,2,8-11H2,1H3,(H,17,21)/t12-/m0/s1. The number of carbonyl (C=O) groups excluding carboxylic acids is 1. The molecule has 116 valence electrons. The van der Waals surface area contributed by atoms with Gasteiger partial charge in [-0.15, -0.1) is 5.10 Å². The first kappa shape index (κ1) is 15.0. The maximum atomic E-state index is 12.2. The molecule has 2 heterocycles. The zero-order chi connectivity index (χ0) is 15.4. The fraction of sp³-hybridized carbons (Fsp3) is 0.438. The number of carbonyl (C=O) groups is 1. The monoisotopic (exact) mass is 316 g/mol. The Morgan fingerprint density at radius 2 is 2.23 bits per heavy atom. The second-order valence-corrected chi connectivity index (χ2v) is 6.30. The van der Waals surface area contributed by atoms with Crippen molar-refractivity contribution in [1.29, 1.82) is 0 Å². The number of nitrogens with one attached hydrogen (secondary N) is 1. The fourth-order valence-corrected chi connectivity index (χ4v) is 3.47. The van der Waals surface area contributed by atoms with Crippen molar-refractivity contribution in [3.8, 4) is 0 Å². The van der Waals surface area contributed by atoms with Crippen LogP contribution in [0, 0.1) is 5.92 Å². The van der Waals surface area contributed by atoms with Crippen molar-refractivity contribution in [1.82, 2.24) is 14.9 Å². The van der Waals surface area contributed by atoms with Gasteiger partial charge in [0.1, 0.15) is 4.88 Å². The van der Waals surface area contributed by atoms with Gasteiger partial charge in [-0.1, -0.05) is 29.6 Å². The molecule has 5 nitrogen and oxygen atoms in total. The van der Waals surface area contributed by atoms with Crippen molar-refractivity contribution in [2.75, 3.05) is 24.5 Å². The summed E-state index contributed by atoms with van der Waals surface area (Å²) < 4.78 is 3.87. The zero-order valence-corrected chi connectivity index (χ0v) is 13.5. The van der Waals surface area contributed by atoms with Crippen molar-refractivity contribution in [2.24, 2.45) is 5.92 Å². The number of aryl methyl sites for hydroxylation is 1. The second kappa shape index (κ2) is 6.87. The Bertz CT molecular complexity index is 628. The van der Waals surface area contributed by atoms with Crippen LogP contribution in [0.4, 0.5) is 5.69 Å². The molecular weight excluding hydrogens is 296 g/mol. The van der Waals surface area contributed by atoms with E-state index in [1.54, 1.807) is 0 Å². The van der Waals surface area contributed by atoms with E-state index in [4.69, 9.17) is 0 Å². The first-order chi connectivity index (χ1) is 10.8. The molecule has 1 aromatic heterocycles. The van der Waals surface area contributed by atoms with E-state index in [2.05, 4.69) is 44.1 Å². The molecule has 0 spiro atoms. The van der Waals surface area contributed by atoms with E-state index in [-0.39, 0.29) is 5.91 Å². The number of anilines is 1. The summed E-state index contributed by atoms with van der Waals surface area (Å²) in [6, 6.07) is 10.4. The topological polar surface area (TPSA) is 58.1 Å². The first-order valence-electron chi connectivity index (χ1n) is 7.67. The highest BCUT2D eigenvalue weighted by molar-refractivity contribution is 7.08. The van der Waals surface area contributed by atoms with Crippen LogP contribution in [0.5, 0.6) is 0 Å². The molecule has 0 unspecified atom stereocenters. The lowest BCUT2D eigenvalue weighted by Crippen LogP contribution is -2.31. The molecule has 1 aliphatic heterocycles. The predicted octanol–water partition coefficient (Wildman–Crippen LogP) is 2.36. The average molecular weight is 316 g/mol. The molecule has 3 rings (SSSR count). The van der Waals surface area contributed by atoms with E-state index >= 15 is 0 Å². The summed E-state index contributed by atoms with van der Waals surface area (Å²) in [5.74, 6) is 0.458. The number of benzene rings is 1. The van der Waals surface area contributed by atoms with Crippen LogP contribution in [0.2, 0.25) is 0 Å². The SMILES string of the molecule is CCc1nnsc1C(=O)NC[C@@H]1CCN(c2ccccc2)C1. The summed E-state index contributed by atoms with van der Waals surface area (Å²) in [5.41, 5.74) is 2.05. The third-order valence-electron chi connectivity index (χ3n) is 4.06. The van der Waals surface area contributed by atoms with Gasteiger partial charge in [-0.25, -0.2) is 0 Å². The first-order valence-corrected chi connectivity index (χ1v) is 8.44. The highest BCUT2D eigenvalue weighted by Crippen LogP contribution is 2.23. The largest absolute Gasteiger partial charge is 0.371 e. The molecule has 2 aromatic rings. The number of hydrogen-bond donors (Lipinski definition) is 1. The molecule has 0 aliphatic carbocycles. The maximum absolute atomic E-state index is 12.2. The quantitative estimate of drug-likeness (QED) is 0.920. The van der Waals surface area contributed by atoms with Crippen LogP contribution < -0.4 is 10.2 Å². The third kappa shape index (κ3) is 3.27. The van der Waals surface area contributed by atoms with Gasteiger partial charge in [0.05, 0.1) is 5.69 Å². The Hall–Kier alpha value is -1.95. The van der Waals surface area contributed by atoms with Crippen LogP contribution in [0.25, 0.3) is 0 Å². The van der Waals surface area contributed by atoms with Gasteiger partial charge in [-0.2, -0.15) is 0 Å². The molecule has 22 heavy (non-hydrogen) atoms. The van der Waals surface area contributed by atoms with Crippen LogP contribution in [0.1, 0.15) is 28.7 Å². The van der Waals surface area contributed by atoms with Gasteiger partial charge in [0.25, 0.3) is 5.91 Å². The number of amides is 1. The van der Waals surface area contributed by atoms with Crippen LogP contribution in [-0.2, 0) is 6.42 Å². The number of hydrogen-bond acceptors (Lipinski definition) is 5. The minimum absolute atomic E-state index is 0.0370. The van der Waals surface area contributed by atoms with Crippen LogP contribution >= 0.6 is 11.5 Å². The Labute approximate surface area is 134 Å². The summed E-state index contributed by atoms with van der Waals surface area (Å²) in [6.45, 7) is 4.74. The Kier molecular flexibility index (Phi) is 4.68. The smallest absolute Gasteiger partial charge is 0.264 e. The lowest BCUT2D eigenvalue weighted by atomic mass is 10.1. The lowest BCUT2D eigenvalue weighted by Gasteiger charge is -2.18. The summed E-state index contributed by atoms with van der Waals surface area (Å²) in [6.07, 6.45) is 1.85. The molecule has 1 saturated heterocycles. The second-order valence-electron chi connectivity index (χ2n) is 5.55. The Morgan fingerprint density at radius 3 is 3.00 bits per heavy atom. The van der Waals surface area contributed by atoms with Crippen molar-refractivity contribution in [3.63, 3.8) is 0 Å². The molecule has 0 bridgehead atoms. The zero-order valence-electron chi connectivity index (χ0n) is 12.7. The molecule has 1 N–H and O–H groups in total. The molecule has 0 saturated carbocycles. The summed E-state index contributed by atoms with van der Waals surface area (Å²) >= 11 is 1.18. The number of rotatable bonds is 5. The van der Waals surface area contributed by atoms with Gasteiger partial charge in [0.2, 0.25) is 0 Å². The van der Waals surface area contributed by atoms with E-state index in [9.17, 15) is 4.79 Å². The van der Waals surface area contributed by atoms with Crippen molar-refractivity contribution < 1.29 is 4.79 Å². The average Bonchev–Trinajstić information content (AvgIpc) is 3.22. The molecule has 0 radical (unpaired) electrons. The molecule has 1 aliphatic rings. The number of aromatic nitrogens is 2. The van der Waals surface area contributed by atoms with Crippen LogP contribution in [0.15, 0.2) is 30.3 Å². The summed E-state index contributed by atoms with van der Waals surface area (Å²) in [4.78, 5) is 15.2. The number of para-hydroxylation sites is 1. The fourth-order valence-electron chi connectivity index (χ4n) is 2.80. The maximum Gasteiger partial charge on any atom is 0.264 e. The van der Waals surface area contributed by atoms with E-state index in [1.807, 2.05) is 13.0 Å². The van der Waals surface area contributed by atoms with Gasteiger partial charge in [-0.05, 0) is 42.4 Å². The Morgan fingerprint density at radius 1 is 1.41 bits per heavy atom. The van der Waals surface area contributed by atoms with E-state index in [0.29, 0.717) is 17.3 Å². The van der Waals surface area contributed by atoms with Gasteiger partial charge < -0.3 is 10.2 Å². The minimum atomic E-state index is -0.0370. The van der Waals surface area contributed by atoms with Crippen LogP contribution in [-0.4, -0.2) is 35.1 Å². The third-order valence-corrected chi connectivity index (χ3v) is 4.82. The summed E-state index contributed by atoms with van der Waals surface area (Å²) in [7, 11) is 0. The van der Waals surface area contributed by atoms with Gasteiger partial charge >= 0.3 is 0 Å². The van der Waals surface area contributed by atoms with Crippen molar-refractivity contribution in [3.05, 3.63) is 40.9 Å².